The summed E-state index contributed by atoms with van der Waals surface area (Å²) in [6.45, 7) is -0.252. The highest BCUT2D eigenvalue weighted by atomic mass is 32.2. The Morgan fingerprint density at radius 2 is 1.93 bits per heavy atom. The molecule has 0 aliphatic heterocycles. The Labute approximate surface area is 153 Å². The molecule has 1 aromatic carbocycles. The molecule has 2 aromatic rings. The number of methoxy groups -OCH3 is 1. The molecule has 4 N–H and O–H groups in total. The first-order chi connectivity index (χ1) is 12.8. The first-order valence-electron chi connectivity index (χ1n) is 7.67. The predicted molar refractivity (Wildman–Crippen MR) is 93.0 cm³/mol. The molecule has 0 radical (unpaired) electrons. The van der Waals surface area contributed by atoms with Crippen molar-refractivity contribution in [3.63, 3.8) is 0 Å². The predicted octanol–water partition coefficient (Wildman–Crippen LogP) is -1.21. The molecule has 0 saturated heterocycles. The molecule has 1 heterocycles. The van der Waals surface area contributed by atoms with Crippen LogP contribution in [-0.4, -0.2) is 42.2 Å². The van der Waals surface area contributed by atoms with Crippen LogP contribution in [0, 0.1) is 0 Å². The molecule has 27 heavy (non-hydrogen) atoms. The zero-order valence-corrected chi connectivity index (χ0v) is 15.0. The van der Waals surface area contributed by atoms with E-state index in [0.717, 1.165) is 10.6 Å². The largest absolute Gasteiger partial charge is 0.497 e. The lowest BCUT2D eigenvalue weighted by atomic mass is 10.2. The molecule has 1 aromatic heterocycles. The van der Waals surface area contributed by atoms with E-state index in [0.29, 0.717) is 5.75 Å². The maximum atomic E-state index is 12.5. The Balaban J connectivity index is 2.21. The summed E-state index contributed by atoms with van der Waals surface area (Å²) in [6.07, 6.45) is 0.917. The second kappa shape index (κ2) is 8.62. The average molecular weight is 398 g/mol. The smallest absolute Gasteiger partial charge is 0.328 e. The number of hydrogen-bond donors (Lipinski definition) is 4. The van der Waals surface area contributed by atoms with Crippen LogP contribution in [0.15, 0.2) is 51.0 Å². The Morgan fingerprint density at radius 1 is 1.26 bits per heavy atom. The van der Waals surface area contributed by atoms with E-state index < -0.39 is 33.2 Å². The zero-order chi connectivity index (χ0) is 20.0. The van der Waals surface area contributed by atoms with Gasteiger partial charge in [0.25, 0.3) is 11.5 Å². The maximum Gasteiger partial charge on any atom is 0.328 e. The number of amides is 1. The molecule has 146 valence electrons. The molecular weight excluding hydrogens is 380 g/mol. The normalized spacial score (nSPS) is 12.4. The molecule has 11 nitrogen and oxygen atoms in total. The number of ether oxygens (including phenoxy) is 1. The van der Waals surface area contributed by atoms with Crippen molar-refractivity contribution in [2.24, 2.45) is 0 Å². The molecule has 0 fully saturated rings. The topological polar surface area (TPSA) is 160 Å². The number of nitrogens with one attached hydrogen (secondary N) is 3. The maximum absolute atomic E-state index is 12.5. The number of aromatic nitrogens is 2. The van der Waals surface area contributed by atoms with Crippen LogP contribution in [0.4, 0.5) is 0 Å². The van der Waals surface area contributed by atoms with Crippen molar-refractivity contribution in [2.75, 3.05) is 7.11 Å². The summed E-state index contributed by atoms with van der Waals surface area (Å²) >= 11 is 0. The van der Waals surface area contributed by atoms with Gasteiger partial charge in [-0.3, -0.25) is 19.4 Å². The number of carbonyl (C=O) groups excluding carboxylic acids is 1. The van der Waals surface area contributed by atoms with Crippen LogP contribution < -0.4 is 26.2 Å². The second-order valence-corrected chi connectivity index (χ2v) is 7.10. The molecule has 1 atom stereocenters. The van der Waals surface area contributed by atoms with Gasteiger partial charge in [-0.25, -0.2) is 18.7 Å². The fourth-order valence-corrected chi connectivity index (χ4v) is 3.48. The summed E-state index contributed by atoms with van der Waals surface area (Å²) in [5, 5.41) is 8.86. The zero-order valence-electron chi connectivity index (χ0n) is 14.2. The molecule has 12 heteroatoms. The highest BCUT2D eigenvalue weighted by Gasteiger charge is 2.26. The number of H-pyrrole nitrogens is 1. The van der Waals surface area contributed by atoms with Gasteiger partial charge in [0, 0.05) is 18.8 Å². The lowest BCUT2D eigenvalue weighted by Crippen LogP contribution is -2.47. The summed E-state index contributed by atoms with van der Waals surface area (Å²) in [5.74, 6) is -0.589. The summed E-state index contributed by atoms with van der Waals surface area (Å²) in [6, 6.07) is 5.11. The van der Waals surface area contributed by atoms with Crippen molar-refractivity contribution in [2.45, 2.75) is 23.9 Å². The first kappa shape index (κ1) is 20.4. The van der Waals surface area contributed by atoms with Gasteiger partial charge in [-0.1, -0.05) is 0 Å². The van der Waals surface area contributed by atoms with Crippen molar-refractivity contribution < 1.29 is 23.2 Å². The Bertz CT molecular complexity index is 983. The van der Waals surface area contributed by atoms with E-state index in [1.54, 1.807) is 0 Å². The second-order valence-electron chi connectivity index (χ2n) is 5.39. The molecule has 2 rings (SSSR count). The van der Waals surface area contributed by atoms with Gasteiger partial charge in [0.2, 0.25) is 10.0 Å². The number of hydrogen-bond acceptors (Lipinski definition) is 7. The van der Waals surface area contributed by atoms with Gasteiger partial charge in [-0.05, 0) is 30.7 Å². The lowest BCUT2D eigenvalue weighted by molar-refractivity contribution is -0.131. The van der Waals surface area contributed by atoms with Crippen LogP contribution in [0.2, 0.25) is 0 Å². The van der Waals surface area contributed by atoms with Crippen LogP contribution >= 0.6 is 0 Å². The highest BCUT2D eigenvalue weighted by Crippen LogP contribution is 2.16. The quantitative estimate of drug-likeness (QED) is 0.320. The van der Waals surface area contributed by atoms with Gasteiger partial charge in [-0.2, -0.15) is 4.72 Å². The number of hydroxylamine groups is 1. The van der Waals surface area contributed by atoms with Crippen LogP contribution in [0.1, 0.15) is 6.42 Å². The number of carbonyl (C=O) groups is 1. The van der Waals surface area contributed by atoms with E-state index in [1.807, 2.05) is 0 Å². The lowest BCUT2D eigenvalue weighted by Gasteiger charge is -2.17. The van der Waals surface area contributed by atoms with Crippen LogP contribution in [0.5, 0.6) is 5.75 Å². The van der Waals surface area contributed by atoms with E-state index >= 15 is 0 Å². The molecule has 1 amide bonds. The van der Waals surface area contributed by atoms with E-state index in [-0.39, 0.29) is 17.9 Å². The molecule has 0 aliphatic carbocycles. The molecule has 0 bridgehead atoms. The number of benzene rings is 1. The van der Waals surface area contributed by atoms with Crippen molar-refractivity contribution in [1.29, 1.82) is 0 Å². The number of rotatable bonds is 8. The number of nitrogens with zero attached hydrogens (tertiary/aromatic N) is 1. The van der Waals surface area contributed by atoms with Crippen molar-refractivity contribution in [3.8, 4) is 5.75 Å². The van der Waals surface area contributed by atoms with E-state index in [9.17, 15) is 22.8 Å². The monoisotopic (exact) mass is 398 g/mol. The Morgan fingerprint density at radius 3 is 2.48 bits per heavy atom. The third kappa shape index (κ3) is 5.03. The minimum absolute atomic E-state index is 0.131. The van der Waals surface area contributed by atoms with Gasteiger partial charge >= 0.3 is 5.69 Å². The number of sulfonamides is 1. The third-order valence-electron chi connectivity index (χ3n) is 3.68. The highest BCUT2D eigenvalue weighted by molar-refractivity contribution is 7.89. The summed E-state index contributed by atoms with van der Waals surface area (Å²) in [4.78, 5) is 37.4. The molecule has 0 saturated carbocycles. The van der Waals surface area contributed by atoms with E-state index in [4.69, 9.17) is 9.94 Å². The Hall–Kier alpha value is -2.96. The van der Waals surface area contributed by atoms with Gasteiger partial charge in [-0.15, -0.1) is 0 Å². The average Bonchev–Trinajstić information content (AvgIpc) is 2.66. The minimum Gasteiger partial charge on any atom is -0.497 e. The minimum atomic E-state index is -4.12. The van der Waals surface area contributed by atoms with Gasteiger partial charge in [0.1, 0.15) is 11.8 Å². The molecule has 0 aliphatic rings. The van der Waals surface area contributed by atoms with Gasteiger partial charge in [0.15, 0.2) is 0 Å². The van der Waals surface area contributed by atoms with Gasteiger partial charge < -0.3 is 9.72 Å². The fraction of sp³-hybridized carbons (Fsp3) is 0.267. The fourth-order valence-electron chi connectivity index (χ4n) is 2.25. The molecule has 1 unspecified atom stereocenters. The van der Waals surface area contributed by atoms with E-state index in [1.165, 1.54) is 43.1 Å². The SMILES string of the molecule is COc1ccc(S(=O)(=O)NC(CCn2c(=O)cc[nH]c2=O)C(=O)NO)cc1. The number of aromatic amines is 1. The van der Waals surface area contributed by atoms with Gasteiger partial charge in [0.05, 0.1) is 12.0 Å². The van der Waals surface area contributed by atoms with Crippen molar-refractivity contribution >= 4 is 15.9 Å². The van der Waals surface area contributed by atoms with Crippen LogP contribution in [0.3, 0.4) is 0 Å². The van der Waals surface area contributed by atoms with E-state index in [2.05, 4.69) is 9.71 Å². The van der Waals surface area contributed by atoms with Crippen LogP contribution in [-0.2, 0) is 21.4 Å². The summed E-state index contributed by atoms with van der Waals surface area (Å²) in [7, 11) is -2.69. The summed E-state index contributed by atoms with van der Waals surface area (Å²) in [5.41, 5.74) is 0.0475. The Kier molecular flexibility index (Phi) is 6.50. The molecular formula is C15H18N4O7S. The summed E-state index contributed by atoms with van der Waals surface area (Å²) < 4.78 is 32.8. The first-order valence-corrected chi connectivity index (χ1v) is 9.15. The van der Waals surface area contributed by atoms with Crippen molar-refractivity contribution in [3.05, 3.63) is 57.4 Å². The standard InChI is InChI=1S/C15H18N4O7S/c1-26-10-2-4-11(5-3-10)27(24,25)18-12(14(21)17-23)7-9-19-13(20)6-8-16-15(19)22/h2-6,8,12,18,23H,7,9H2,1H3,(H,16,22)(H,17,21). The van der Waals surface area contributed by atoms with Crippen molar-refractivity contribution in [1.82, 2.24) is 19.8 Å². The van der Waals surface area contributed by atoms with Crippen LogP contribution in [0.25, 0.3) is 0 Å². The molecule has 0 spiro atoms. The third-order valence-corrected chi connectivity index (χ3v) is 5.17.